The van der Waals surface area contributed by atoms with Gasteiger partial charge in [0.05, 0.1) is 7.11 Å². The number of esters is 1. The Morgan fingerprint density at radius 3 is 2.53 bits per heavy atom. The maximum Gasteiger partial charge on any atom is 0.330 e. The van der Waals surface area contributed by atoms with E-state index in [1.807, 2.05) is 6.07 Å². The largest absolute Gasteiger partial charge is 0.466 e. The van der Waals surface area contributed by atoms with E-state index in [9.17, 15) is 4.79 Å². The second-order valence-electron chi connectivity index (χ2n) is 5.23. The van der Waals surface area contributed by atoms with E-state index in [4.69, 9.17) is 0 Å². The van der Waals surface area contributed by atoms with E-state index in [-0.39, 0.29) is 11.4 Å². The highest BCUT2D eigenvalue weighted by molar-refractivity contribution is 5.87. The average molecular weight is 254 g/mol. The minimum Gasteiger partial charge on any atom is -0.466 e. The standard InChI is InChI=1S/C17H18O2/c1-17(2)10-8-14-6-4-13(5-7-16(18)19-3)12-15(14)9-11-17/h4-12H,1-3H3/b7-5+. The summed E-state index contributed by atoms with van der Waals surface area (Å²) in [4.78, 5) is 11.1. The molecular weight excluding hydrogens is 236 g/mol. The summed E-state index contributed by atoms with van der Waals surface area (Å²) in [6, 6.07) is 6.13. The lowest BCUT2D eigenvalue weighted by molar-refractivity contribution is -0.134. The van der Waals surface area contributed by atoms with Crippen molar-refractivity contribution in [2.24, 2.45) is 5.41 Å². The Labute approximate surface area is 114 Å². The van der Waals surface area contributed by atoms with Gasteiger partial charge in [-0.2, -0.15) is 0 Å². The van der Waals surface area contributed by atoms with Crippen LogP contribution in [0.4, 0.5) is 0 Å². The molecule has 1 aromatic rings. The predicted octanol–water partition coefficient (Wildman–Crippen LogP) is 3.94. The summed E-state index contributed by atoms with van der Waals surface area (Å²) in [5.74, 6) is -0.341. The van der Waals surface area contributed by atoms with Gasteiger partial charge in [0.15, 0.2) is 0 Å². The van der Waals surface area contributed by atoms with Crippen LogP contribution in [-0.4, -0.2) is 13.1 Å². The minimum atomic E-state index is -0.341. The van der Waals surface area contributed by atoms with Gasteiger partial charge in [-0.3, -0.25) is 0 Å². The molecule has 1 aromatic carbocycles. The topological polar surface area (TPSA) is 26.3 Å². The molecule has 98 valence electrons. The lowest BCUT2D eigenvalue weighted by Gasteiger charge is -2.11. The molecule has 0 amide bonds. The fourth-order valence-corrected chi connectivity index (χ4v) is 1.89. The van der Waals surface area contributed by atoms with Crippen LogP contribution in [0.1, 0.15) is 30.5 Å². The molecule has 0 N–H and O–H groups in total. The van der Waals surface area contributed by atoms with Gasteiger partial charge in [-0.25, -0.2) is 4.79 Å². The molecule has 1 aliphatic rings. The zero-order valence-electron chi connectivity index (χ0n) is 11.5. The first-order valence-electron chi connectivity index (χ1n) is 6.29. The highest BCUT2D eigenvalue weighted by Gasteiger charge is 2.12. The second-order valence-corrected chi connectivity index (χ2v) is 5.23. The Bertz CT molecular complexity index is 575. The Balaban J connectivity index is 2.31. The van der Waals surface area contributed by atoms with Gasteiger partial charge in [0.1, 0.15) is 0 Å². The Morgan fingerprint density at radius 2 is 1.84 bits per heavy atom. The SMILES string of the molecule is COC(=O)/C=C/c1ccc2c(c1)C=CC(C)(C)C=C2. The van der Waals surface area contributed by atoms with Gasteiger partial charge in [-0.15, -0.1) is 0 Å². The summed E-state index contributed by atoms with van der Waals surface area (Å²) in [5.41, 5.74) is 3.41. The minimum absolute atomic E-state index is 0.0705. The van der Waals surface area contributed by atoms with Crippen LogP contribution in [0, 0.1) is 5.41 Å². The van der Waals surface area contributed by atoms with Crippen molar-refractivity contribution >= 4 is 24.2 Å². The molecule has 2 nitrogen and oxygen atoms in total. The molecule has 0 bridgehead atoms. The molecule has 19 heavy (non-hydrogen) atoms. The first-order chi connectivity index (χ1) is 9.00. The van der Waals surface area contributed by atoms with Crippen LogP contribution < -0.4 is 0 Å². The van der Waals surface area contributed by atoms with Crippen molar-refractivity contribution in [2.75, 3.05) is 7.11 Å². The molecule has 0 saturated heterocycles. The van der Waals surface area contributed by atoms with Crippen LogP contribution in [0.2, 0.25) is 0 Å². The number of hydrogen-bond acceptors (Lipinski definition) is 2. The van der Waals surface area contributed by atoms with E-state index >= 15 is 0 Å². The molecule has 2 rings (SSSR count). The van der Waals surface area contributed by atoms with E-state index in [2.05, 4.69) is 55.0 Å². The summed E-state index contributed by atoms with van der Waals surface area (Å²) < 4.78 is 4.58. The number of rotatable bonds is 2. The maximum absolute atomic E-state index is 11.1. The van der Waals surface area contributed by atoms with Crippen molar-refractivity contribution in [3.63, 3.8) is 0 Å². The van der Waals surface area contributed by atoms with Crippen molar-refractivity contribution in [3.8, 4) is 0 Å². The second kappa shape index (κ2) is 5.27. The van der Waals surface area contributed by atoms with Gasteiger partial charge in [-0.1, -0.05) is 50.3 Å². The van der Waals surface area contributed by atoms with Gasteiger partial charge >= 0.3 is 5.97 Å². The number of carbonyl (C=O) groups excluding carboxylic acids is 1. The number of carbonyl (C=O) groups is 1. The van der Waals surface area contributed by atoms with Gasteiger partial charge in [0.25, 0.3) is 0 Å². The fourth-order valence-electron chi connectivity index (χ4n) is 1.89. The Kier molecular flexibility index (Phi) is 3.70. The van der Waals surface area contributed by atoms with Gasteiger partial charge < -0.3 is 4.74 Å². The molecule has 2 heteroatoms. The maximum atomic E-state index is 11.1. The van der Waals surface area contributed by atoms with Crippen LogP contribution in [0.3, 0.4) is 0 Å². The van der Waals surface area contributed by atoms with E-state index in [1.54, 1.807) is 6.08 Å². The summed E-state index contributed by atoms with van der Waals surface area (Å²) in [5, 5.41) is 0. The smallest absolute Gasteiger partial charge is 0.330 e. The summed E-state index contributed by atoms with van der Waals surface area (Å²) >= 11 is 0. The van der Waals surface area contributed by atoms with Gasteiger partial charge in [-0.05, 0) is 28.8 Å². The van der Waals surface area contributed by atoms with Crippen molar-refractivity contribution < 1.29 is 9.53 Å². The molecule has 0 aliphatic heterocycles. The molecule has 0 unspecified atom stereocenters. The zero-order valence-corrected chi connectivity index (χ0v) is 11.5. The normalized spacial score (nSPS) is 16.2. The number of benzene rings is 1. The molecule has 0 atom stereocenters. The van der Waals surface area contributed by atoms with Crippen molar-refractivity contribution in [1.82, 2.24) is 0 Å². The van der Waals surface area contributed by atoms with Crippen molar-refractivity contribution in [1.29, 1.82) is 0 Å². The van der Waals surface area contributed by atoms with E-state index in [0.29, 0.717) is 0 Å². The van der Waals surface area contributed by atoms with Gasteiger partial charge in [0.2, 0.25) is 0 Å². The average Bonchev–Trinajstić information content (AvgIpc) is 2.55. The van der Waals surface area contributed by atoms with E-state index < -0.39 is 0 Å². The highest BCUT2D eigenvalue weighted by atomic mass is 16.5. The van der Waals surface area contributed by atoms with Crippen LogP contribution in [0.5, 0.6) is 0 Å². The van der Waals surface area contributed by atoms with Crippen LogP contribution in [0.15, 0.2) is 36.4 Å². The highest BCUT2D eigenvalue weighted by Crippen LogP contribution is 2.28. The predicted molar refractivity (Wildman–Crippen MR) is 79.3 cm³/mol. The molecule has 0 heterocycles. The van der Waals surface area contributed by atoms with Crippen LogP contribution in [-0.2, 0) is 9.53 Å². The first-order valence-corrected chi connectivity index (χ1v) is 6.29. The zero-order chi connectivity index (χ0) is 13.9. The monoisotopic (exact) mass is 254 g/mol. The first kappa shape index (κ1) is 13.3. The molecule has 0 saturated carbocycles. The number of methoxy groups -OCH3 is 1. The number of hydrogen-bond donors (Lipinski definition) is 0. The third-order valence-electron chi connectivity index (χ3n) is 3.11. The number of allylic oxidation sites excluding steroid dienone is 2. The number of fused-ring (bicyclic) bond motifs is 1. The Hall–Kier alpha value is -2.09. The molecule has 0 spiro atoms. The lowest BCUT2D eigenvalue weighted by Crippen LogP contribution is -1.99. The van der Waals surface area contributed by atoms with Crippen LogP contribution >= 0.6 is 0 Å². The molecular formula is C17H18O2. The quantitative estimate of drug-likeness (QED) is 0.590. The molecule has 0 radical (unpaired) electrons. The summed E-state index contributed by atoms with van der Waals surface area (Å²) in [7, 11) is 1.37. The third kappa shape index (κ3) is 3.44. The fraction of sp³-hybridized carbons (Fsp3) is 0.235. The van der Waals surface area contributed by atoms with E-state index in [0.717, 1.165) is 11.1 Å². The van der Waals surface area contributed by atoms with Crippen molar-refractivity contribution in [3.05, 3.63) is 53.1 Å². The lowest BCUT2D eigenvalue weighted by atomic mass is 9.93. The third-order valence-corrected chi connectivity index (χ3v) is 3.11. The van der Waals surface area contributed by atoms with Gasteiger partial charge in [0, 0.05) is 11.5 Å². The molecule has 0 aromatic heterocycles. The number of ether oxygens (including phenoxy) is 1. The summed E-state index contributed by atoms with van der Waals surface area (Å²) in [6.07, 6.45) is 11.8. The van der Waals surface area contributed by atoms with E-state index in [1.165, 1.54) is 18.7 Å². The Morgan fingerprint density at radius 1 is 1.16 bits per heavy atom. The molecule has 0 fully saturated rings. The summed E-state index contributed by atoms with van der Waals surface area (Å²) in [6.45, 7) is 4.34. The molecule has 1 aliphatic carbocycles. The van der Waals surface area contributed by atoms with Crippen LogP contribution in [0.25, 0.3) is 18.2 Å². The van der Waals surface area contributed by atoms with Crippen molar-refractivity contribution in [2.45, 2.75) is 13.8 Å².